The minimum atomic E-state index is -0.159. The van der Waals surface area contributed by atoms with Gasteiger partial charge in [-0.1, -0.05) is 18.9 Å². The van der Waals surface area contributed by atoms with Gasteiger partial charge in [0, 0.05) is 5.54 Å². The second-order valence-corrected chi connectivity index (χ2v) is 5.39. The van der Waals surface area contributed by atoms with E-state index in [1.807, 2.05) is 13.0 Å². The number of aryl methyl sites for hydroxylation is 1. The molecule has 0 spiro atoms. The second kappa shape index (κ2) is 3.30. The largest absolute Gasteiger partial charge is 0.321 e. The van der Waals surface area contributed by atoms with Crippen molar-refractivity contribution in [1.82, 2.24) is 0 Å². The second-order valence-electron chi connectivity index (χ2n) is 5.39. The highest BCUT2D eigenvalue weighted by atomic mass is 19.1. The predicted octanol–water partition coefficient (Wildman–Crippen LogP) is 3.11. The molecule has 0 radical (unpaired) electrons. The molecule has 2 unspecified atom stereocenters. The highest BCUT2D eigenvalue weighted by Crippen LogP contribution is 2.63. The number of halogens is 1. The van der Waals surface area contributed by atoms with Crippen molar-refractivity contribution in [3.8, 4) is 0 Å². The van der Waals surface area contributed by atoms with Gasteiger partial charge in [0.25, 0.3) is 0 Å². The summed E-state index contributed by atoms with van der Waals surface area (Å²) in [4.78, 5) is 0. The van der Waals surface area contributed by atoms with Crippen molar-refractivity contribution in [3.63, 3.8) is 0 Å². The van der Waals surface area contributed by atoms with Crippen molar-refractivity contribution in [2.24, 2.45) is 17.6 Å². The number of fused-ring (bicyclic) bond motifs is 1. The van der Waals surface area contributed by atoms with E-state index < -0.39 is 0 Å². The summed E-state index contributed by atoms with van der Waals surface area (Å²) in [6.07, 6.45) is 5.11. The van der Waals surface area contributed by atoms with Gasteiger partial charge < -0.3 is 5.73 Å². The van der Waals surface area contributed by atoms with Crippen LogP contribution in [0.1, 0.15) is 36.8 Å². The lowest BCUT2D eigenvalue weighted by Crippen LogP contribution is -2.25. The summed E-state index contributed by atoms with van der Waals surface area (Å²) in [6, 6.07) is 5.04. The van der Waals surface area contributed by atoms with Gasteiger partial charge in [0.2, 0.25) is 0 Å². The first-order valence-electron chi connectivity index (χ1n) is 6.19. The minimum absolute atomic E-state index is 0.145. The molecule has 2 fully saturated rings. The SMILES string of the molecule is Cc1cc(F)ccc1C1(N)C2CCCCC21. The van der Waals surface area contributed by atoms with E-state index in [0.29, 0.717) is 11.8 Å². The van der Waals surface area contributed by atoms with E-state index in [0.717, 1.165) is 5.56 Å². The highest BCUT2D eigenvalue weighted by molar-refractivity contribution is 5.41. The predicted molar refractivity (Wildman–Crippen MR) is 62.5 cm³/mol. The average Bonchev–Trinajstić information content (AvgIpc) is 2.86. The molecule has 2 atom stereocenters. The first-order chi connectivity index (χ1) is 7.64. The van der Waals surface area contributed by atoms with Crippen LogP contribution in [0.2, 0.25) is 0 Å². The van der Waals surface area contributed by atoms with Gasteiger partial charge >= 0.3 is 0 Å². The Morgan fingerprint density at radius 3 is 2.44 bits per heavy atom. The summed E-state index contributed by atoms with van der Waals surface area (Å²) in [6.45, 7) is 1.97. The van der Waals surface area contributed by atoms with Crippen LogP contribution in [0.5, 0.6) is 0 Å². The van der Waals surface area contributed by atoms with Crippen LogP contribution in [0.25, 0.3) is 0 Å². The normalized spacial score (nSPS) is 36.9. The molecule has 2 saturated carbocycles. The summed E-state index contributed by atoms with van der Waals surface area (Å²) in [5, 5.41) is 0. The van der Waals surface area contributed by atoms with Crippen molar-refractivity contribution in [1.29, 1.82) is 0 Å². The molecule has 0 aromatic heterocycles. The summed E-state index contributed by atoms with van der Waals surface area (Å²) in [7, 11) is 0. The van der Waals surface area contributed by atoms with Gasteiger partial charge in [-0.2, -0.15) is 0 Å². The molecule has 2 N–H and O–H groups in total. The van der Waals surface area contributed by atoms with Crippen molar-refractivity contribution >= 4 is 0 Å². The van der Waals surface area contributed by atoms with Gasteiger partial charge in [0.1, 0.15) is 5.82 Å². The molecule has 16 heavy (non-hydrogen) atoms. The Morgan fingerprint density at radius 2 is 1.88 bits per heavy atom. The van der Waals surface area contributed by atoms with Gasteiger partial charge in [-0.3, -0.25) is 0 Å². The van der Waals surface area contributed by atoms with E-state index in [1.165, 1.54) is 31.2 Å². The molecule has 2 aliphatic rings. The number of hydrogen-bond donors (Lipinski definition) is 1. The number of benzene rings is 1. The average molecular weight is 219 g/mol. The summed E-state index contributed by atoms with van der Waals surface area (Å²) in [5.41, 5.74) is 8.58. The van der Waals surface area contributed by atoms with E-state index in [1.54, 1.807) is 12.1 Å². The first-order valence-corrected chi connectivity index (χ1v) is 6.19. The molecule has 86 valence electrons. The van der Waals surface area contributed by atoms with Crippen LogP contribution in [0.3, 0.4) is 0 Å². The maximum Gasteiger partial charge on any atom is 0.123 e. The molecule has 2 aliphatic carbocycles. The molecule has 0 amide bonds. The first kappa shape index (κ1) is 10.3. The monoisotopic (exact) mass is 219 g/mol. The molecular weight excluding hydrogens is 201 g/mol. The van der Waals surface area contributed by atoms with Crippen LogP contribution in [0.15, 0.2) is 18.2 Å². The topological polar surface area (TPSA) is 26.0 Å². The Morgan fingerprint density at radius 1 is 1.25 bits per heavy atom. The van der Waals surface area contributed by atoms with Crippen LogP contribution in [-0.2, 0) is 5.54 Å². The van der Waals surface area contributed by atoms with Crippen LogP contribution in [0.4, 0.5) is 4.39 Å². The molecular formula is C14H18FN. The molecule has 1 aromatic rings. The van der Waals surface area contributed by atoms with Crippen LogP contribution < -0.4 is 5.73 Å². The Balaban J connectivity index is 1.98. The molecule has 0 saturated heterocycles. The third-order valence-corrected chi connectivity index (χ3v) is 4.54. The van der Waals surface area contributed by atoms with Crippen LogP contribution in [0, 0.1) is 24.6 Å². The molecule has 3 rings (SSSR count). The number of rotatable bonds is 1. The molecule has 1 aromatic carbocycles. The smallest absolute Gasteiger partial charge is 0.123 e. The van der Waals surface area contributed by atoms with Crippen molar-refractivity contribution in [2.75, 3.05) is 0 Å². The Bertz CT molecular complexity index is 415. The lowest BCUT2D eigenvalue weighted by molar-refractivity contribution is 0.480. The summed E-state index contributed by atoms with van der Waals surface area (Å²) >= 11 is 0. The zero-order chi connectivity index (χ0) is 11.3. The number of nitrogens with two attached hydrogens (primary N) is 1. The van der Waals surface area contributed by atoms with Crippen LogP contribution in [-0.4, -0.2) is 0 Å². The highest BCUT2D eigenvalue weighted by Gasteiger charge is 2.63. The fraction of sp³-hybridized carbons (Fsp3) is 0.571. The van der Waals surface area contributed by atoms with Crippen molar-refractivity contribution in [2.45, 2.75) is 38.1 Å². The lowest BCUT2D eigenvalue weighted by atomic mass is 9.96. The quantitative estimate of drug-likeness (QED) is 0.771. The van der Waals surface area contributed by atoms with Gasteiger partial charge in [0.15, 0.2) is 0 Å². The maximum absolute atomic E-state index is 13.1. The molecule has 1 nitrogen and oxygen atoms in total. The fourth-order valence-electron chi connectivity index (χ4n) is 3.68. The zero-order valence-corrected chi connectivity index (χ0v) is 9.67. The number of hydrogen-bond acceptors (Lipinski definition) is 1. The van der Waals surface area contributed by atoms with Crippen LogP contribution >= 0.6 is 0 Å². The van der Waals surface area contributed by atoms with Gasteiger partial charge in [-0.25, -0.2) is 4.39 Å². The van der Waals surface area contributed by atoms with E-state index >= 15 is 0 Å². The Kier molecular flexibility index (Phi) is 2.12. The van der Waals surface area contributed by atoms with E-state index in [4.69, 9.17) is 5.73 Å². The molecule has 0 aliphatic heterocycles. The van der Waals surface area contributed by atoms with Gasteiger partial charge in [-0.05, 0) is 54.9 Å². The Hall–Kier alpha value is -0.890. The molecule has 2 heteroatoms. The lowest BCUT2D eigenvalue weighted by Gasteiger charge is -2.15. The van der Waals surface area contributed by atoms with E-state index in [2.05, 4.69) is 0 Å². The standard InChI is InChI=1S/C14H18FN/c1-9-8-10(15)6-7-11(9)14(16)12-4-2-3-5-13(12)14/h6-8,12-13H,2-5,16H2,1H3. The third-order valence-electron chi connectivity index (χ3n) is 4.54. The summed E-state index contributed by atoms with van der Waals surface area (Å²) < 4.78 is 13.1. The van der Waals surface area contributed by atoms with Gasteiger partial charge in [-0.15, -0.1) is 0 Å². The zero-order valence-electron chi connectivity index (χ0n) is 9.67. The van der Waals surface area contributed by atoms with Crippen molar-refractivity contribution in [3.05, 3.63) is 35.1 Å². The fourth-order valence-corrected chi connectivity index (χ4v) is 3.68. The summed E-state index contributed by atoms with van der Waals surface area (Å²) in [5.74, 6) is 1.13. The molecule has 0 bridgehead atoms. The van der Waals surface area contributed by atoms with Crippen molar-refractivity contribution < 1.29 is 4.39 Å². The Labute approximate surface area is 95.8 Å². The minimum Gasteiger partial charge on any atom is -0.321 e. The van der Waals surface area contributed by atoms with Gasteiger partial charge in [0.05, 0.1) is 0 Å². The van der Waals surface area contributed by atoms with E-state index in [9.17, 15) is 4.39 Å². The molecule has 0 heterocycles. The third kappa shape index (κ3) is 1.26. The maximum atomic E-state index is 13.1. The van der Waals surface area contributed by atoms with E-state index in [-0.39, 0.29) is 11.4 Å².